The Balaban J connectivity index is 1.98. The van der Waals surface area contributed by atoms with Crippen molar-refractivity contribution < 1.29 is 13.2 Å². The van der Waals surface area contributed by atoms with Crippen LogP contribution in [-0.4, -0.2) is 34.2 Å². The second-order valence-electron chi connectivity index (χ2n) is 5.29. The van der Waals surface area contributed by atoms with Gasteiger partial charge in [0.15, 0.2) is 0 Å². The van der Waals surface area contributed by atoms with Crippen LogP contribution in [0.3, 0.4) is 0 Å². The van der Waals surface area contributed by atoms with Crippen LogP contribution in [0, 0.1) is 6.92 Å². The molecule has 0 spiro atoms. The van der Waals surface area contributed by atoms with Crippen molar-refractivity contribution in [3.05, 3.63) is 16.5 Å². The molecule has 7 heteroatoms. The maximum absolute atomic E-state index is 12.3. The van der Waals surface area contributed by atoms with Gasteiger partial charge in [-0.3, -0.25) is 0 Å². The van der Waals surface area contributed by atoms with Crippen LogP contribution in [0.2, 0.25) is 0 Å². The Hall–Kier alpha value is -0.470. The van der Waals surface area contributed by atoms with Gasteiger partial charge >= 0.3 is 0 Å². The van der Waals surface area contributed by atoms with Crippen LogP contribution >= 0.6 is 11.3 Å². The zero-order chi connectivity index (χ0) is 15.3. The van der Waals surface area contributed by atoms with Gasteiger partial charge in [-0.2, -0.15) is 0 Å². The summed E-state index contributed by atoms with van der Waals surface area (Å²) in [5, 5.41) is 3.23. The number of thiophene rings is 1. The Bertz CT molecular complexity index is 549. The number of rotatable bonds is 7. The van der Waals surface area contributed by atoms with Crippen molar-refractivity contribution in [3.8, 4) is 0 Å². The van der Waals surface area contributed by atoms with E-state index in [9.17, 15) is 8.42 Å². The number of aryl methyl sites for hydroxylation is 1. The zero-order valence-corrected chi connectivity index (χ0v) is 14.3. The smallest absolute Gasteiger partial charge is 0.250 e. The summed E-state index contributed by atoms with van der Waals surface area (Å²) < 4.78 is 33.3. The minimum Gasteiger partial charge on any atom is -0.377 e. The molecule has 5 nitrogen and oxygen atoms in total. The highest BCUT2D eigenvalue weighted by molar-refractivity contribution is 7.91. The molecule has 1 aliphatic heterocycles. The molecule has 0 radical (unpaired) electrons. The Morgan fingerprint density at radius 2 is 2.24 bits per heavy atom. The fourth-order valence-electron chi connectivity index (χ4n) is 2.28. The highest BCUT2D eigenvalue weighted by Crippen LogP contribution is 2.26. The predicted molar refractivity (Wildman–Crippen MR) is 85.2 cm³/mol. The van der Waals surface area contributed by atoms with E-state index in [0.717, 1.165) is 42.9 Å². The van der Waals surface area contributed by atoms with Gasteiger partial charge in [0.1, 0.15) is 4.21 Å². The van der Waals surface area contributed by atoms with Gasteiger partial charge in [-0.1, -0.05) is 6.92 Å². The summed E-state index contributed by atoms with van der Waals surface area (Å²) in [7, 11) is -3.43. The summed E-state index contributed by atoms with van der Waals surface area (Å²) in [5.41, 5.74) is 1.02. The minimum absolute atomic E-state index is 0.0100. The normalized spacial score (nSPS) is 19.8. The van der Waals surface area contributed by atoms with Gasteiger partial charge in [-0.15, -0.1) is 11.3 Å². The van der Waals surface area contributed by atoms with Crippen molar-refractivity contribution in [2.24, 2.45) is 0 Å². The van der Waals surface area contributed by atoms with E-state index < -0.39 is 10.0 Å². The van der Waals surface area contributed by atoms with Crippen molar-refractivity contribution in [2.75, 3.05) is 19.7 Å². The molecule has 1 aromatic heterocycles. The lowest BCUT2D eigenvalue weighted by atomic mass is 10.1. The molecule has 2 heterocycles. The van der Waals surface area contributed by atoms with Gasteiger partial charge in [-0.05, 0) is 44.4 Å². The van der Waals surface area contributed by atoms with Crippen LogP contribution < -0.4 is 10.0 Å². The first-order valence-electron chi connectivity index (χ1n) is 7.44. The Kier molecular flexibility index (Phi) is 6.19. The number of hydrogen-bond donors (Lipinski definition) is 2. The van der Waals surface area contributed by atoms with E-state index in [4.69, 9.17) is 4.74 Å². The first-order chi connectivity index (χ1) is 10.0. The molecule has 0 aliphatic carbocycles. The molecule has 1 fully saturated rings. The van der Waals surface area contributed by atoms with E-state index in [1.54, 1.807) is 6.07 Å². The summed E-state index contributed by atoms with van der Waals surface area (Å²) in [6, 6.07) is 1.75. The SMILES string of the molecule is CCNCc1sc(S(=O)(=O)NCC2CCCCO2)cc1C. The Morgan fingerprint density at radius 3 is 2.90 bits per heavy atom. The molecule has 0 bridgehead atoms. The molecule has 2 rings (SSSR count). The van der Waals surface area contributed by atoms with E-state index in [-0.39, 0.29) is 6.10 Å². The van der Waals surface area contributed by atoms with Gasteiger partial charge in [-0.25, -0.2) is 13.1 Å². The molecule has 0 aromatic carbocycles. The number of hydrogen-bond acceptors (Lipinski definition) is 5. The maximum Gasteiger partial charge on any atom is 0.250 e. The van der Waals surface area contributed by atoms with Crippen molar-refractivity contribution >= 4 is 21.4 Å². The van der Waals surface area contributed by atoms with Gasteiger partial charge in [0.05, 0.1) is 6.10 Å². The molecule has 2 N–H and O–H groups in total. The van der Waals surface area contributed by atoms with Crippen LogP contribution in [0.1, 0.15) is 36.6 Å². The molecule has 21 heavy (non-hydrogen) atoms. The number of sulfonamides is 1. The van der Waals surface area contributed by atoms with Crippen molar-refractivity contribution in [3.63, 3.8) is 0 Å². The van der Waals surface area contributed by atoms with Gasteiger partial charge in [0.2, 0.25) is 10.0 Å². The second-order valence-corrected chi connectivity index (χ2v) is 8.42. The van der Waals surface area contributed by atoms with Crippen LogP contribution in [0.15, 0.2) is 10.3 Å². The van der Waals surface area contributed by atoms with Crippen LogP contribution in [0.4, 0.5) is 0 Å². The van der Waals surface area contributed by atoms with Crippen molar-refractivity contribution in [2.45, 2.75) is 50.0 Å². The summed E-state index contributed by atoms with van der Waals surface area (Å²) >= 11 is 1.34. The largest absolute Gasteiger partial charge is 0.377 e. The average Bonchev–Trinajstić information content (AvgIpc) is 2.86. The fraction of sp³-hybridized carbons (Fsp3) is 0.714. The molecule has 1 unspecified atom stereocenters. The van der Waals surface area contributed by atoms with E-state index in [2.05, 4.69) is 10.0 Å². The fourth-order valence-corrected chi connectivity index (χ4v) is 4.95. The summed E-state index contributed by atoms with van der Waals surface area (Å²) in [4.78, 5) is 1.08. The molecule has 1 aliphatic rings. The van der Waals surface area contributed by atoms with Crippen molar-refractivity contribution in [1.29, 1.82) is 0 Å². The van der Waals surface area contributed by atoms with E-state index in [1.807, 2.05) is 13.8 Å². The summed E-state index contributed by atoms with van der Waals surface area (Å²) in [6.45, 7) is 6.67. The molecule has 0 amide bonds. The highest BCUT2D eigenvalue weighted by Gasteiger charge is 2.21. The molecular weight excluding hydrogens is 308 g/mol. The first-order valence-corrected chi connectivity index (χ1v) is 9.74. The van der Waals surface area contributed by atoms with Crippen LogP contribution in [0.5, 0.6) is 0 Å². The van der Waals surface area contributed by atoms with Crippen LogP contribution in [0.25, 0.3) is 0 Å². The third kappa shape index (κ3) is 4.75. The van der Waals surface area contributed by atoms with Gasteiger partial charge < -0.3 is 10.1 Å². The summed E-state index contributed by atoms with van der Waals surface area (Å²) in [6.07, 6.45) is 3.12. The summed E-state index contributed by atoms with van der Waals surface area (Å²) in [5.74, 6) is 0. The maximum atomic E-state index is 12.3. The second kappa shape index (κ2) is 7.69. The minimum atomic E-state index is -3.43. The van der Waals surface area contributed by atoms with Crippen molar-refractivity contribution in [1.82, 2.24) is 10.0 Å². The highest BCUT2D eigenvalue weighted by atomic mass is 32.2. The Labute approximate surface area is 131 Å². The quantitative estimate of drug-likeness (QED) is 0.801. The molecule has 120 valence electrons. The number of ether oxygens (including phenoxy) is 1. The lowest BCUT2D eigenvalue weighted by Crippen LogP contribution is -2.35. The van der Waals surface area contributed by atoms with Gasteiger partial charge in [0, 0.05) is 24.6 Å². The molecule has 1 saturated heterocycles. The zero-order valence-electron chi connectivity index (χ0n) is 12.6. The third-order valence-electron chi connectivity index (χ3n) is 3.57. The molecule has 1 atom stereocenters. The standard InChI is InChI=1S/C14H24N2O3S2/c1-3-15-10-13-11(2)8-14(20-13)21(17,18)16-9-12-6-4-5-7-19-12/h8,12,15-16H,3-7,9-10H2,1-2H3. The number of nitrogens with one attached hydrogen (secondary N) is 2. The predicted octanol–water partition coefficient (Wildman–Crippen LogP) is 2.01. The molecule has 0 saturated carbocycles. The third-order valence-corrected chi connectivity index (χ3v) is 6.71. The van der Waals surface area contributed by atoms with E-state index in [0.29, 0.717) is 17.3 Å². The monoisotopic (exact) mass is 332 g/mol. The Morgan fingerprint density at radius 1 is 1.43 bits per heavy atom. The average molecular weight is 332 g/mol. The molecular formula is C14H24N2O3S2. The van der Waals surface area contributed by atoms with Crippen LogP contribution in [-0.2, 0) is 21.3 Å². The molecule has 1 aromatic rings. The topological polar surface area (TPSA) is 67.4 Å². The van der Waals surface area contributed by atoms with Gasteiger partial charge in [0.25, 0.3) is 0 Å². The first kappa shape index (κ1) is 16.9. The van der Waals surface area contributed by atoms with E-state index in [1.165, 1.54) is 11.3 Å². The lowest BCUT2D eigenvalue weighted by Gasteiger charge is -2.22. The van der Waals surface area contributed by atoms with E-state index >= 15 is 0 Å². The lowest BCUT2D eigenvalue weighted by molar-refractivity contribution is 0.0200.